The summed E-state index contributed by atoms with van der Waals surface area (Å²) in [5, 5.41) is 8.49. The Hall–Kier alpha value is -2.90. The molecule has 0 amide bonds. The SMILES string of the molecule is O=S(=O)(O)CCO.O=c1[nH]c2ccccc2n1CCCN1CCC(n2c(=O)[nH]c3cc(Cl)ccc32)CC1. The van der Waals surface area contributed by atoms with Gasteiger partial charge in [0.2, 0.25) is 0 Å². The number of rotatable bonds is 7. The Morgan fingerprint density at radius 2 is 1.65 bits per heavy atom. The van der Waals surface area contributed by atoms with Crippen molar-refractivity contribution in [1.29, 1.82) is 0 Å². The number of aliphatic hydroxyl groups excluding tert-OH is 1. The largest absolute Gasteiger partial charge is 0.395 e. The van der Waals surface area contributed by atoms with Crippen molar-refractivity contribution in [3.05, 3.63) is 68.5 Å². The van der Waals surface area contributed by atoms with Gasteiger partial charge in [0.15, 0.2) is 0 Å². The number of hydrogen-bond acceptors (Lipinski definition) is 6. The van der Waals surface area contributed by atoms with Crippen LogP contribution < -0.4 is 11.4 Å². The van der Waals surface area contributed by atoms with Gasteiger partial charge in [-0.25, -0.2) is 9.59 Å². The third kappa shape index (κ3) is 6.70. The normalized spacial score (nSPS) is 15.2. The van der Waals surface area contributed by atoms with Crippen LogP contribution in [0.4, 0.5) is 0 Å². The van der Waals surface area contributed by atoms with Crippen LogP contribution in [0, 0.1) is 0 Å². The first-order valence-corrected chi connectivity index (χ1v) is 14.0. The van der Waals surface area contributed by atoms with Crippen LogP contribution in [-0.4, -0.2) is 74.1 Å². The van der Waals surface area contributed by atoms with Gasteiger partial charge in [-0.1, -0.05) is 23.7 Å². The van der Waals surface area contributed by atoms with E-state index in [4.69, 9.17) is 21.3 Å². The van der Waals surface area contributed by atoms with E-state index in [2.05, 4.69) is 14.9 Å². The zero-order valence-electron chi connectivity index (χ0n) is 20.1. The number of hydrogen-bond donors (Lipinski definition) is 4. The molecule has 3 heterocycles. The highest BCUT2D eigenvalue weighted by atomic mass is 35.5. The predicted octanol–water partition coefficient (Wildman–Crippen LogP) is 2.22. The molecule has 1 aliphatic heterocycles. The van der Waals surface area contributed by atoms with E-state index in [-0.39, 0.29) is 17.4 Å². The van der Waals surface area contributed by atoms with Crippen LogP contribution in [0.1, 0.15) is 25.3 Å². The molecule has 0 aliphatic carbocycles. The molecule has 0 saturated carbocycles. The smallest absolute Gasteiger partial charge is 0.326 e. The lowest BCUT2D eigenvalue weighted by Gasteiger charge is -2.32. The fourth-order valence-corrected chi connectivity index (χ4v) is 5.17. The standard InChI is InChI=1S/C22H24ClN5O2.C2H6O4S/c23-15-6-7-20-18(14-15)25-22(30)28(20)16-8-12-26(13-9-16)10-3-11-27-19-5-2-1-4-17(19)24-21(27)29;3-1-2-7(4,5)6/h1-2,4-7,14,16H,3,8-13H2,(H,24,29)(H,25,30);3H,1-2H2,(H,4,5,6). The summed E-state index contributed by atoms with van der Waals surface area (Å²) in [7, 11) is -3.92. The van der Waals surface area contributed by atoms with Crippen molar-refractivity contribution >= 4 is 43.8 Å². The van der Waals surface area contributed by atoms with Crippen molar-refractivity contribution in [2.24, 2.45) is 0 Å². The first-order chi connectivity index (χ1) is 17.7. The lowest BCUT2D eigenvalue weighted by molar-refractivity contribution is 0.183. The summed E-state index contributed by atoms with van der Waals surface area (Å²) in [4.78, 5) is 32.9. The number of aromatic amines is 2. The molecule has 0 spiro atoms. The van der Waals surface area contributed by atoms with E-state index in [0.29, 0.717) is 11.6 Å². The highest BCUT2D eigenvalue weighted by molar-refractivity contribution is 7.85. The molecule has 5 rings (SSSR count). The maximum absolute atomic E-state index is 12.5. The molecule has 1 fully saturated rings. The molecular weight excluding hydrogens is 522 g/mol. The molecule has 37 heavy (non-hydrogen) atoms. The molecule has 0 atom stereocenters. The van der Waals surface area contributed by atoms with Crippen LogP contribution in [0.5, 0.6) is 0 Å². The van der Waals surface area contributed by atoms with E-state index in [0.717, 1.165) is 61.0 Å². The Kier molecular flexibility index (Phi) is 8.55. The molecule has 0 radical (unpaired) electrons. The highest BCUT2D eigenvalue weighted by Gasteiger charge is 2.23. The van der Waals surface area contributed by atoms with Gasteiger partial charge in [-0.15, -0.1) is 0 Å². The average Bonchev–Trinajstić information content (AvgIpc) is 3.34. The molecule has 1 aliphatic rings. The number of aromatic nitrogens is 4. The van der Waals surface area contributed by atoms with Crippen molar-refractivity contribution in [2.45, 2.75) is 31.8 Å². The molecule has 4 aromatic rings. The summed E-state index contributed by atoms with van der Waals surface area (Å²) in [5.74, 6) is -0.576. The van der Waals surface area contributed by atoms with Crippen molar-refractivity contribution in [2.75, 3.05) is 32.0 Å². The average molecular weight is 552 g/mol. The Balaban J connectivity index is 0.000000405. The summed E-state index contributed by atoms with van der Waals surface area (Å²) in [6.45, 7) is 3.00. The molecular formula is C24H30ClN5O6S. The van der Waals surface area contributed by atoms with Gasteiger partial charge in [-0.05, 0) is 56.1 Å². The lowest BCUT2D eigenvalue weighted by atomic mass is 10.0. The van der Waals surface area contributed by atoms with E-state index in [9.17, 15) is 18.0 Å². The minimum absolute atomic E-state index is 0.0475. The molecule has 11 nitrogen and oxygen atoms in total. The minimum Gasteiger partial charge on any atom is -0.395 e. The molecule has 200 valence electrons. The Bertz CT molecular complexity index is 1580. The maximum Gasteiger partial charge on any atom is 0.326 e. The number of para-hydroxylation sites is 2. The first-order valence-electron chi connectivity index (χ1n) is 12.0. The first kappa shape index (κ1) is 27.1. The molecule has 2 aromatic carbocycles. The number of likely N-dealkylation sites (tertiary alicyclic amines) is 1. The fraction of sp³-hybridized carbons (Fsp3) is 0.417. The van der Waals surface area contributed by atoms with Gasteiger partial charge in [0.25, 0.3) is 10.1 Å². The van der Waals surface area contributed by atoms with Crippen LogP contribution in [-0.2, 0) is 16.7 Å². The van der Waals surface area contributed by atoms with E-state index in [1.807, 2.05) is 45.5 Å². The zero-order chi connectivity index (χ0) is 26.6. The second kappa shape index (κ2) is 11.7. The van der Waals surface area contributed by atoms with Crippen molar-refractivity contribution in [1.82, 2.24) is 24.0 Å². The minimum atomic E-state index is -3.92. The van der Waals surface area contributed by atoms with E-state index < -0.39 is 22.5 Å². The second-order valence-corrected chi connectivity index (χ2v) is 11.0. The Labute approximate surface area is 218 Å². The van der Waals surface area contributed by atoms with Gasteiger partial charge >= 0.3 is 11.4 Å². The molecule has 0 unspecified atom stereocenters. The highest BCUT2D eigenvalue weighted by Crippen LogP contribution is 2.26. The van der Waals surface area contributed by atoms with Crippen LogP contribution in [0.15, 0.2) is 52.1 Å². The van der Waals surface area contributed by atoms with Crippen molar-refractivity contribution in [3.8, 4) is 0 Å². The number of H-pyrrole nitrogens is 2. The third-order valence-corrected chi connectivity index (χ3v) is 7.42. The summed E-state index contributed by atoms with van der Waals surface area (Å²) < 4.78 is 30.8. The van der Waals surface area contributed by atoms with E-state index >= 15 is 0 Å². The van der Waals surface area contributed by atoms with Crippen molar-refractivity contribution in [3.63, 3.8) is 0 Å². The fourth-order valence-electron chi connectivity index (χ4n) is 4.76. The molecule has 2 aromatic heterocycles. The quantitative estimate of drug-likeness (QED) is 0.257. The van der Waals surface area contributed by atoms with Gasteiger partial charge in [-0.2, -0.15) is 8.42 Å². The van der Waals surface area contributed by atoms with E-state index in [1.54, 1.807) is 6.07 Å². The predicted molar refractivity (Wildman–Crippen MR) is 143 cm³/mol. The van der Waals surface area contributed by atoms with Gasteiger partial charge in [0.1, 0.15) is 0 Å². The van der Waals surface area contributed by atoms with Crippen LogP contribution in [0.2, 0.25) is 5.02 Å². The van der Waals surface area contributed by atoms with Gasteiger partial charge in [0.05, 0.1) is 34.4 Å². The van der Waals surface area contributed by atoms with Gasteiger partial charge in [0, 0.05) is 30.7 Å². The number of aryl methyl sites for hydroxylation is 1. The second-order valence-electron chi connectivity index (χ2n) is 9.00. The summed E-state index contributed by atoms with van der Waals surface area (Å²) in [6, 6.07) is 13.5. The van der Waals surface area contributed by atoms with Gasteiger partial charge < -0.3 is 20.0 Å². The van der Waals surface area contributed by atoms with E-state index in [1.165, 1.54) is 0 Å². The Morgan fingerprint density at radius 1 is 0.946 bits per heavy atom. The van der Waals surface area contributed by atoms with Crippen LogP contribution in [0.3, 0.4) is 0 Å². The number of piperidine rings is 1. The Morgan fingerprint density at radius 3 is 2.32 bits per heavy atom. The number of benzene rings is 2. The molecule has 1 saturated heterocycles. The number of halogens is 1. The number of nitrogens with one attached hydrogen (secondary N) is 2. The van der Waals surface area contributed by atoms with Crippen LogP contribution >= 0.6 is 11.6 Å². The topological polar surface area (TPSA) is 153 Å². The van der Waals surface area contributed by atoms with Crippen LogP contribution in [0.25, 0.3) is 22.1 Å². The lowest BCUT2D eigenvalue weighted by Crippen LogP contribution is -2.37. The zero-order valence-corrected chi connectivity index (χ0v) is 21.7. The molecule has 4 N–H and O–H groups in total. The number of fused-ring (bicyclic) bond motifs is 2. The summed E-state index contributed by atoms with van der Waals surface area (Å²) >= 11 is 6.05. The number of nitrogens with zero attached hydrogens (tertiary/aromatic N) is 3. The maximum atomic E-state index is 12.5. The summed E-state index contributed by atoms with van der Waals surface area (Å²) in [5.41, 5.74) is 3.44. The van der Waals surface area contributed by atoms with Crippen molar-refractivity contribution < 1.29 is 18.1 Å². The number of aliphatic hydroxyl groups is 1. The summed E-state index contributed by atoms with van der Waals surface area (Å²) in [6.07, 6.45) is 2.78. The number of imidazole rings is 2. The monoisotopic (exact) mass is 551 g/mol. The molecule has 0 bridgehead atoms. The van der Waals surface area contributed by atoms with Gasteiger partial charge in [-0.3, -0.25) is 13.7 Å². The third-order valence-electron chi connectivity index (χ3n) is 6.49. The molecule has 13 heteroatoms.